The first-order valence-corrected chi connectivity index (χ1v) is 2.01. The Bertz CT molecular complexity index is 139. The van der Waals surface area contributed by atoms with Gasteiger partial charge in [-0.3, -0.25) is 0 Å². The van der Waals surface area contributed by atoms with Gasteiger partial charge in [-0.15, -0.1) is 0 Å². The Morgan fingerprint density at radius 3 is 3.00 bits per heavy atom. The molecule has 0 amide bonds. The van der Waals surface area contributed by atoms with Crippen molar-refractivity contribution in [1.29, 1.82) is 0 Å². The van der Waals surface area contributed by atoms with Gasteiger partial charge in [-0.1, -0.05) is 12.7 Å². The zero-order valence-corrected chi connectivity index (χ0v) is 3.85. The number of furan rings is 1. The summed E-state index contributed by atoms with van der Waals surface area (Å²) in [5, 5.41) is 0. The van der Waals surface area contributed by atoms with Crippen molar-refractivity contribution in [3.8, 4) is 0 Å². The van der Waals surface area contributed by atoms with Crippen molar-refractivity contribution in [2.75, 3.05) is 0 Å². The summed E-state index contributed by atoms with van der Waals surface area (Å²) < 4.78 is 4.61. The monoisotopic (exact) mass is 93.0 g/mol. The molecule has 1 heteroatoms. The van der Waals surface area contributed by atoms with Gasteiger partial charge in [0.05, 0.1) is 6.26 Å². The minimum Gasteiger partial charge on any atom is -0.460 e. The number of hydrogen-bond acceptors (Lipinski definition) is 1. The van der Waals surface area contributed by atoms with Crippen molar-refractivity contribution in [3.63, 3.8) is 0 Å². The SMILES string of the molecule is C=Cc1[c]occ1. The third kappa shape index (κ3) is 0.712. The van der Waals surface area contributed by atoms with Crippen molar-refractivity contribution in [2.24, 2.45) is 0 Å². The first-order valence-electron chi connectivity index (χ1n) is 2.01. The molecule has 0 N–H and O–H groups in total. The summed E-state index contributed by atoms with van der Waals surface area (Å²) in [6.07, 6.45) is 5.84. The van der Waals surface area contributed by atoms with Gasteiger partial charge in [0.15, 0.2) is 6.26 Å². The molecule has 1 rings (SSSR count). The van der Waals surface area contributed by atoms with E-state index in [0.717, 1.165) is 5.56 Å². The fourth-order valence-electron chi connectivity index (χ4n) is 0.353. The highest BCUT2D eigenvalue weighted by Gasteiger charge is 1.81. The summed E-state index contributed by atoms with van der Waals surface area (Å²) in [6.45, 7) is 3.51. The molecule has 1 radical (unpaired) electrons. The molecule has 1 nitrogen and oxygen atoms in total. The molecule has 1 aromatic rings. The fraction of sp³-hybridized carbons (Fsp3) is 0. The maximum atomic E-state index is 4.61. The van der Waals surface area contributed by atoms with Crippen LogP contribution in [0.1, 0.15) is 5.56 Å². The molecular weight excluding hydrogens is 88.1 g/mol. The topological polar surface area (TPSA) is 13.1 Å². The first-order chi connectivity index (χ1) is 3.43. The van der Waals surface area contributed by atoms with Crippen LogP contribution < -0.4 is 0 Å². The van der Waals surface area contributed by atoms with Gasteiger partial charge in [-0.05, 0) is 6.07 Å². The molecule has 0 saturated carbocycles. The van der Waals surface area contributed by atoms with Gasteiger partial charge < -0.3 is 4.42 Å². The van der Waals surface area contributed by atoms with E-state index < -0.39 is 0 Å². The van der Waals surface area contributed by atoms with Crippen LogP contribution in [-0.2, 0) is 0 Å². The predicted octanol–water partition coefficient (Wildman–Crippen LogP) is 1.72. The van der Waals surface area contributed by atoms with E-state index in [2.05, 4.69) is 17.3 Å². The lowest BCUT2D eigenvalue weighted by Crippen LogP contribution is -1.51. The molecule has 7 heavy (non-hydrogen) atoms. The number of hydrogen-bond donors (Lipinski definition) is 0. The molecule has 0 saturated heterocycles. The summed E-state index contributed by atoms with van der Waals surface area (Å²) in [4.78, 5) is 0. The van der Waals surface area contributed by atoms with Crippen molar-refractivity contribution in [3.05, 3.63) is 30.7 Å². The summed E-state index contributed by atoms with van der Waals surface area (Å²) in [7, 11) is 0. The summed E-state index contributed by atoms with van der Waals surface area (Å²) in [5.41, 5.74) is 0.903. The average Bonchev–Trinajstić information content (AvgIpc) is 2.14. The Morgan fingerprint density at radius 1 is 1.86 bits per heavy atom. The van der Waals surface area contributed by atoms with Crippen LogP contribution in [0.3, 0.4) is 0 Å². The third-order valence-electron chi connectivity index (χ3n) is 0.712. The lowest BCUT2D eigenvalue weighted by Gasteiger charge is -1.67. The van der Waals surface area contributed by atoms with E-state index in [1.807, 2.05) is 0 Å². The van der Waals surface area contributed by atoms with E-state index in [1.54, 1.807) is 18.4 Å². The van der Waals surface area contributed by atoms with Crippen molar-refractivity contribution >= 4 is 6.08 Å². The van der Waals surface area contributed by atoms with Crippen LogP contribution in [0, 0.1) is 6.26 Å². The van der Waals surface area contributed by atoms with Crippen molar-refractivity contribution in [1.82, 2.24) is 0 Å². The zero-order chi connectivity index (χ0) is 5.11. The Balaban J connectivity index is 2.96. The average molecular weight is 93.1 g/mol. The third-order valence-corrected chi connectivity index (χ3v) is 0.712. The Labute approximate surface area is 42.3 Å². The van der Waals surface area contributed by atoms with Gasteiger partial charge in [0.2, 0.25) is 0 Å². The lowest BCUT2D eigenvalue weighted by atomic mass is 10.3. The molecular formula is C6H5O. The van der Waals surface area contributed by atoms with Crippen LogP contribution in [0.25, 0.3) is 6.08 Å². The van der Waals surface area contributed by atoms with Gasteiger partial charge in [-0.2, -0.15) is 0 Å². The van der Waals surface area contributed by atoms with Crippen LogP contribution in [0.15, 0.2) is 23.3 Å². The van der Waals surface area contributed by atoms with E-state index in [9.17, 15) is 0 Å². The minimum absolute atomic E-state index is 0.903. The lowest BCUT2D eigenvalue weighted by molar-refractivity contribution is 0.557. The quantitative estimate of drug-likeness (QED) is 0.515. The van der Waals surface area contributed by atoms with Gasteiger partial charge in [0, 0.05) is 5.56 Å². The molecule has 0 spiro atoms. The van der Waals surface area contributed by atoms with Gasteiger partial charge in [-0.25, -0.2) is 0 Å². The molecule has 0 atom stereocenters. The van der Waals surface area contributed by atoms with E-state index >= 15 is 0 Å². The summed E-state index contributed by atoms with van der Waals surface area (Å²) in [6, 6.07) is 1.80. The number of rotatable bonds is 1. The molecule has 1 heterocycles. The van der Waals surface area contributed by atoms with Crippen molar-refractivity contribution in [2.45, 2.75) is 0 Å². The Kier molecular flexibility index (Phi) is 0.984. The van der Waals surface area contributed by atoms with Crippen molar-refractivity contribution < 1.29 is 4.42 Å². The molecule has 1 aromatic heterocycles. The predicted molar refractivity (Wildman–Crippen MR) is 27.6 cm³/mol. The largest absolute Gasteiger partial charge is 0.460 e. The van der Waals surface area contributed by atoms with E-state index in [1.165, 1.54) is 0 Å². The van der Waals surface area contributed by atoms with Crippen LogP contribution in [0.2, 0.25) is 0 Å². The standard InChI is InChI=1S/C6H5O/c1-2-6-3-4-7-5-6/h2-4H,1H2. The summed E-state index contributed by atoms with van der Waals surface area (Å²) >= 11 is 0. The minimum atomic E-state index is 0.903. The van der Waals surface area contributed by atoms with Gasteiger partial charge in [0.1, 0.15) is 0 Å². The molecule has 0 unspecified atom stereocenters. The molecule has 0 fully saturated rings. The molecule has 0 bridgehead atoms. The fourth-order valence-corrected chi connectivity index (χ4v) is 0.353. The molecule has 0 aliphatic rings. The van der Waals surface area contributed by atoms with Gasteiger partial charge >= 0.3 is 0 Å². The zero-order valence-electron chi connectivity index (χ0n) is 3.85. The Morgan fingerprint density at radius 2 is 2.71 bits per heavy atom. The van der Waals surface area contributed by atoms with E-state index in [-0.39, 0.29) is 0 Å². The van der Waals surface area contributed by atoms with Crippen LogP contribution >= 0.6 is 0 Å². The molecule has 0 aromatic carbocycles. The van der Waals surface area contributed by atoms with Crippen LogP contribution in [-0.4, -0.2) is 0 Å². The normalized spacial score (nSPS) is 8.57. The van der Waals surface area contributed by atoms with Gasteiger partial charge in [0.25, 0.3) is 0 Å². The smallest absolute Gasteiger partial charge is 0.176 e. The van der Waals surface area contributed by atoms with E-state index in [4.69, 9.17) is 0 Å². The van der Waals surface area contributed by atoms with Crippen LogP contribution in [0.4, 0.5) is 0 Å². The Hall–Kier alpha value is -0.980. The maximum absolute atomic E-state index is 4.61. The second-order valence-corrected chi connectivity index (χ2v) is 1.18. The highest BCUT2D eigenvalue weighted by molar-refractivity contribution is 5.42. The van der Waals surface area contributed by atoms with E-state index in [0.29, 0.717) is 0 Å². The first kappa shape index (κ1) is 4.19. The highest BCUT2D eigenvalue weighted by atomic mass is 16.3. The van der Waals surface area contributed by atoms with Crippen LogP contribution in [0.5, 0.6) is 0 Å². The molecule has 0 aliphatic carbocycles. The molecule has 0 aliphatic heterocycles. The second kappa shape index (κ2) is 1.65. The molecule has 35 valence electrons. The summed E-state index contributed by atoms with van der Waals surface area (Å²) in [5.74, 6) is 0. The highest BCUT2D eigenvalue weighted by Crippen LogP contribution is 1.97. The second-order valence-electron chi connectivity index (χ2n) is 1.18. The maximum Gasteiger partial charge on any atom is 0.176 e.